The maximum absolute atomic E-state index is 12.8. The van der Waals surface area contributed by atoms with Crippen LogP contribution in [0.15, 0.2) is 35.4 Å². The number of carbonyl (C=O) groups is 2. The molecule has 11 heteroatoms. The third-order valence-electron chi connectivity index (χ3n) is 7.61. The van der Waals surface area contributed by atoms with Crippen molar-refractivity contribution < 1.29 is 14.3 Å². The second-order valence-electron chi connectivity index (χ2n) is 9.74. The number of amides is 1. The molecular formula is C23H33B2N6O3. The van der Waals surface area contributed by atoms with Crippen LogP contribution >= 0.6 is 0 Å². The Morgan fingerprint density at radius 2 is 2.09 bits per heavy atom. The van der Waals surface area contributed by atoms with Crippen LogP contribution in [0.3, 0.4) is 0 Å². The first-order valence-corrected chi connectivity index (χ1v) is 12.1. The molecule has 4 rings (SSSR count). The Kier molecular flexibility index (Phi) is 7.52. The van der Waals surface area contributed by atoms with Crippen molar-refractivity contribution in [1.82, 2.24) is 16.2 Å². The standard InChI is InChI=1S/C23H33B2N6O3/c24-23-22(25-23)10-9-15(7-8-19(26)30-31-27)13-17(22)14-18(29-23)21(33)34-12-4-11-28-20(32)16-5-2-1-3-6-16/h1-3,5-6,15,17-18,29,31H,4,7-14,27H2,(H2,26,30)(H,28,32). The van der Waals surface area contributed by atoms with Crippen molar-refractivity contribution in [3.63, 3.8) is 0 Å². The van der Waals surface area contributed by atoms with Crippen LogP contribution in [0.25, 0.3) is 0 Å². The van der Waals surface area contributed by atoms with Gasteiger partial charge in [0.15, 0.2) is 0 Å². The molecule has 3 fully saturated rings. The minimum absolute atomic E-state index is 0.0273. The number of hydrazone groups is 1. The molecule has 5 unspecified atom stereocenters. The van der Waals surface area contributed by atoms with Gasteiger partial charge in [-0.05, 0) is 55.0 Å². The first-order valence-electron chi connectivity index (χ1n) is 12.1. The number of ether oxygens (including phenoxy) is 1. The van der Waals surface area contributed by atoms with E-state index in [9.17, 15) is 9.59 Å². The summed E-state index contributed by atoms with van der Waals surface area (Å²) in [5, 5.41) is 9.38. The van der Waals surface area contributed by atoms with Gasteiger partial charge in [-0.15, -0.1) is 0 Å². The highest BCUT2D eigenvalue weighted by Gasteiger charge is 2.71. The Labute approximate surface area is 202 Å². The van der Waals surface area contributed by atoms with Crippen LogP contribution in [0.5, 0.6) is 0 Å². The lowest BCUT2D eigenvalue weighted by Crippen LogP contribution is -2.55. The van der Waals surface area contributed by atoms with Crippen molar-refractivity contribution >= 4 is 32.8 Å². The molecule has 1 saturated carbocycles. The highest BCUT2D eigenvalue weighted by atomic mass is 16.5. The van der Waals surface area contributed by atoms with E-state index < -0.39 is 11.4 Å². The zero-order chi connectivity index (χ0) is 24.2. The molecule has 1 aromatic carbocycles. The van der Waals surface area contributed by atoms with Gasteiger partial charge in [0.2, 0.25) is 0 Å². The van der Waals surface area contributed by atoms with Crippen molar-refractivity contribution in [3.05, 3.63) is 35.9 Å². The number of nitrogens with two attached hydrogens (primary N) is 2. The lowest BCUT2D eigenvalue weighted by molar-refractivity contribution is -0.147. The molecule has 1 spiro atoms. The maximum atomic E-state index is 12.8. The Morgan fingerprint density at radius 1 is 1.29 bits per heavy atom. The summed E-state index contributed by atoms with van der Waals surface area (Å²) >= 11 is 0. The molecule has 34 heavy (non-hydrogen) atoms. The van der Waals surface area contributed by atoms with E-state index in [2.05, 4.69) is 28.5 Å². The Bertz CT molecular complexity index is 919. The summed E-state index contributed by atoms with van der Waals surface area (Å²) in [7, 11) is 8.80. The lowest BCUT2D eigenvalue weighted by Gasteiger charge is -2.47. The zero-order valence-corrected chi connectivity index (χ0v) is 19.5. The molecule has 1 aromatic rings. The molecule has 9 nitrogen and oxygen atoms in total. The molecule has 1 aliphatic carbocycles. The van der Waals surface area contributed by atoms with Crippen LogP contribution in [0.4, 0.5) is 0 Å². The van der Waals surface area contributed by atoms with Gasteiger partial charge in [0.1, 0.15) is 19.2 Å². The fourth-order valence-corrected chi connectivity index (χ4v) is 5.74. The van der Waals surface area contributed by atoms with E-state index in [4.69, 9.17) is 24.2 Å². The molecule has 3 aliphatic rings. The molecular weight excluding hydrogens is 430 g/mol. The fourth-order valence-electron chi connectivity index (χ4n) is 5.74. The second-order valence-corrected chi connectivity index (χ2v) is 9.74. The lowest BCUT2D eigenvalue weighted by atomic mass is 9.60. The van der Waals surface area contributed by atoms with E-state index in [1.54, 1.807) is 12.1 Å². The number of piperidine rings is 1. The number of nitrogens with zero attached hydrogens (tertiary/aromatic N) is 1. The molecule has 7 N–H and O–H groups in total. The minimum Gasteiger partial charge on any atom is -0.464 e. The number of benzene rings is 1. The summed E-state index contributed by atoms with van der Waals surface area (Å²) < 4.78 is 5.52. The smallest absolute Gasteiger partial charge is 0.323 e. The summed E-state index contributed by atoms with van der Waals surface area (Å²) in [5.74, 6) is 6.14. The highest BCUT2D eigenvalue weighted by Crippen LogP contribution is 2.69. The molecule has 2 saturated heterocycles. The molecule has 2 aliphatic heterocycles. The normalized spacial score (nSPS) is 31.9. The first-order chi connectivity index (χ1) is 16.4. The van der Waals surface area contributed by atoms with Gasteiger partial charge >= 0.3 is 5.97 Å². The van der Waals surface area contributed by atoms with E-state index in [0.717, 1.165) is 25.7 Å². The number of esters is 1. The second kappa shape index (κ2) is 10.4. The van der Waals surface area contributed by atoms with E-state index in [0.29, 0.717) is 49.0 Å². The van der Waals surface area contributed by atoms with Crippen molar-refractivity contribution in [3.8, 4) is 0 Å². The number of nitrogens with one attached hydrogen (secondary N) is 3. The van der Waals surface area contributed by atoms with Crippen LogP contribution in [-0.2, 0) is 9.53 Å². The summed E-state index contributed by atoms with van der Waals surface area (Å²) in [6.07, 6.45) is 6.00. The summed E-state index contributed by atoms with van der Waals surface area (Å²) in [5.41, 5.74) is 8.70. The van der Waals surface area contributed by atoms with Crippen LogP contribution in [-0.4, -0.2) is 57.4 Å². The minimum atomic E-state index is -0.599. The highest BCUT2D eigenvalue weighted by molar-refractivity contribution is 6.72. The fraction of sp³-hybridized carbons (Fsp3) is 0.609. The van der Waals surface area contributed by atoms with Crippen molar-refractivity contribution in [2.75, 3.05) is 13.2 Å². The Hall–Kier alpha value is -2.52. The SMILES string of the molecule is [B]C12[B]C13CCC(CC/C(N)=N/NN)CC3CC(C(=O)OCCCNC(=O)c1ccccc1)N2. The largest absolute Gasteiger partial charge is 0.464 e. The van der Waals surface area contributed by atoms with Gasteiger partial charge in [-0.2, -0.15) is 5.10 Å². The zero-order valence-electron chi connectivity index (χ0n) is 19.5. The molecule has 0 bridgehead atoms. The van der Waals surface area contributed by atoms with Gasteiger partial charge in [-0.25, -0.2) is 11.4 Å². The number of hydrazine groups is 1. The quantitative estimate of drug-likeness (QED) is 0.0641. The summed E-state index contributed by atoms with van der Waals surface area (Å²) in [6.45, 7) is 0.687. The van der Waals surface area contributed by atoms with Crippen molar-refractivity contribution in [2.45, 2.75) is 61.6 Å². The Balaban J connectivity index is 1.21. The summed E-state index contributed by atoms with van der Waals surface area (Å²) in [6, 6.07) is 8.61. The maximum Gasteiger partial charge on any atom is 0.323 e. The predicted molar refractivity (Wildman–Crippen MR) is 132 cm³/mol. The number of carbonyl (C=O) groups excluding carboxylic acids is 2. The number of hydrogen-bond donors (Lipinski definition) is 5. The average molecular weight is 463 g/mol. The average Bonchev–Trinajstić information content (AvgIpc) is 3.46. The first kappa shape index (κ1) is 24.6. The molecule has 1 amide bonds. The van der Waals surface area contributed by atoms with E-state index in [-0.39, 0.29) is 23.8 Å². The van der Waals surface area contributed by atoms with Crippen LogP contribution in [0, 0.1) is 11.8 Å². The third kappa shape index (κ3) is 5.25. The number of amidine groups is 1. The topological polar surface area (TPSA) is 144 Å². The third-order valence-corrected chi connectivity index (χ3v) is 7.61. The molecule has 2 heterocycles. The van der Waals surface area contributed by atoms with Gasteiger partial charge in [0.05, 0.1) is 14.5 Å². The molecule has 5 atom stereocenters. The van der Waals surface area contributed by atoms with Crippen molar-refractivity contribution in [2.24, 2.45) is 28.5 Å². The van der Waals surface area contributed by atoms with Crippen molar-refractivity contribution in [1.29, 1.82) is 0 Å². The van der Waals surface area contributed by atoms with Gasteiger partial charge in [-0.3, -0.25) is 9.59 Å². The van der Waals surface area contributed by atoms with Gasteiger partial charge in [0, 0.05) is 18.5 Å². The van der Waals surface area contributed by atoms with Gasteiger partial charge in [-0.1, -0.05) is 36.4 Å². The van der Waals surface area contributed by atoms with Crippen LogP contribution in [0.1, 0.15) is 55.3 Å². The molecule has 179 valence electrons. The number of hydrogen-bond acceptors (Lipinski definition) is 7. The predicted octanol–water partition coefficient (Wildman–Crippen LogP) is 0.342. The molecule has 0 aromatic heterocycles. The van der Waals surface area contributed by atoms with E-state index in [1.165, 1.54) is 0 Å². The van der Waals surface area contributed by atoms with Gasteiger partial charge in [0.25, 0.3) is 5.91 Å². The van der Waals surface area contributed by atoms with E-state index >= 15 is 0 Å². The van der Waals surface area contributed by atoms with Gasteiger partial charge < -0.3 is 21.1 Å². The van der Waals surface area contributed by atoms with Crippen LogP contribution in [0.2, 0.25) is 5.31 Å². The van der Waals surface area contributed by atoms with E-state index in [1.807, 2.05) is 18.2 Å². The summed E-state index contributed by atoms with van der Waals surface area (Å²) in [4.78, 5) is 24.8. The Morgan fingerprint density at radius 3 is 2.85 bits per heavy atom. The van der Waals surface area contributed by atoms with Crippen LogP contribution < -0.4 is 27.7 Å². The monoisotopic (exact) mass is 463 g/mol. The molecule has 3 radical (unpaired) electrons. The number of rotatable bonds is 10.